The number of ether oxygens (including phenoxy) is 3. The Morgan fingerprint density at radius 1 is 0.299 bits per heavy atom. The van der Waals surface area contributed by atoms with Crippen LogP contribution in [0.25, 0.3) is 0 Å². The molecule has 6 heteroatoms. The lowest BCUT2D eigenvalue weighted by molar-refractivity contribution is -0.167. The quantitative estimate of drug-likeness (QED) is 0.0262. The smallest absolute Gasteiger partial charge is 0.306 e. The van der Waals surface area contributed by atoms with Crippen LogP contribution in [-0.4, -0.2) is 37.2 Å². The van der Waals surface area contributed by atoms with Gasteiger partial charge in [-0.15, -0.1) is 0 Å². The summed E-state index contributed by atoms with van der Waals surface area (Å²) in [5, 5.41) is 0. The monoisotopic (exact) mass is 943 g/mol. The number of carbonyl (C=O) groups excluding carboxylic acids is 3. The van der Waals surface area contributed by atoms with Crippen LogP contribution in [0.1, 0.15) is 329 Å². The Hall–Kier alpha value is -2.11. The van der Waals surface area contributed by atoms with Gasteiger partial charge in [-0.1, -0.05) is 283 Å². The molecule has 1 atom stereocenters. The summed E-state index contributed by atoms with van der Waals surface area (Å²) in [7, 11) is 0. The van der Waals surface area contributed by atoms with Crippen molar-refractivity contribution < 1.29 is 28.6 Å². The van der Waals surface area contributed by atoms with E-state index in [2.05, 4.69) is 45.1 Å². The van der Waals surface area contributed by atoms with Gasteiger partial charge in [0.2, 0.25) is 0 Å². The van der Waals surface area contributed by atoms with Crippen LogP contribution in [0.3, 0.4) is 0 Å². The average molecular weight is 944 g/mol. The zero-order valence-electron chi connectivity index (χ0n) is 45.2. The third-order valence-electron chi connectivity index (χ3n) is 13.5. The first-order valence-electron chi connectivity index (χ1n) is 29.8. The average Bonchev–Trinajstić information content (AvgIpc) is 3.33. The minimum Gasteiger partial charge on any atom is -0.462 e. The lowest BCUT2D eigenvalue weighted by Gasteiger charge is -2.18. The van der Waals surface area contributed by atoms with Crippen molar-refractivity contribution in [1.29, 1.82) is 0 Å². The van der Waals surface area contributed by atoms with Gasteiger partial charge in [-0.3, -0.25) is 14.4 Å². The molecule has 0 bridgehead atoms. The van der Waals surface area contributed by atoms with E-state index in [0.717, 1.165) is 77.0 Å². The Kier molecular flexibility index (Phi) is 54.7. The minimum absolute atomic E-state index is 0.0719. The molecule has 394 valence electrons. The summed E-state index contributed by atoms with van der Waals surface area (Å²) < 4.78 is 16.8. The van der Waals surface area contributed by atoms with Gasteiger partial charge in [-0.05, 0) is 51.4 Å². The van der Waals surface area contributed by atoms with Crippen molar-refractivity contribution in [3.63, 3.8) is 0 Å². The highest BCUT2D eigenvalue weighted by atomic mass is 16.6. The second-order valence-corrected chi connectivity index (χ2v) is 20.3. The molecule has 0 fully saturated rings. The molecule has 0 amide bonds. The van der Waals surface area contributed by atoms with E-state index < -0.39 is 6.10 Å². The van der Waals surface area contributed by atoms with Gasteiger partial charge in [-0.25, -0.2) is 0 Å². The van der Waals surface area contributed by atoms with E-state index in [1.165, 1.54) is 212 Å². The largest absolute Gasteiger partial charge is 0.462 e. The van der Waals surface area contributed by atoms with E-state index in [1.54, 1.807) is 0 Å². The molecule has 0 saturated heterocycles. The summed E-state index contributed by atoms with van der Waals surface area (Å²) in [6.45, 7) is 6.63. The predicted molar refractivity (Wildman–Crippen MR) is 289 cm³/mol. The second kappa shape index (κ2) is 56.5. The first kappa shape index (κ1) is 64.9. The van der Waals surface area contributed by atoms with E-state index >= 15 is 0 Å². The van der Waals surface area contributed by atoms with Crippen LogP contribution >= 0.6 is 0 Å². The molecule has 0 aliphatic rings. The van der Waals surface area contributed by atoms with Crippen LogP contribution in [0.2, 0.25) is 0 Å². The molecule has 0 aromatic rings. The molecule has 0 spiro atoms. The van der Waals surface area contributed by atoms with E-state index in [-0.39, 0.29) is 31.1 Å². The highest BCUT2D eigenvalue weighted by Crippen LogP contribution is 2.17. The van der Waals surface area contributed by atoms with Crippen LogP contribution in [0.5, 0.6) is 0 Å². The molecule has 0 saturated carbocycles. The van der Waals surface area contributed by atoms with Crippen molar-refractivity contribution in [1.82, 2.24) is 0 Å². The van der Waals surface area contributed by atoms with E-state index in [1.807, 2.05) is 0 Å². The number of rotatable bonds is 55. The number of hydrogen-bond acceptors (Lipinski definition) is 6. The summed E-state index contributed by atoms with van der Waals surface area (Å²) in [6.07, 6.45) is 66.2. The number of allylic oxidation sites excluding steroid dienone is 4. The van der Waals surface area contributed by atoms with Gasteiger partial charge in [0, 0.05) is 19.3 Å². The van der Waals surface area contributed by atoms with Crippen LogP contribution in [0.4, 0.5) is 0 Å². The highest BCUT2D eigenvalue weighted by molar-refractivity contribution is 5.71. The fourth-order valence-electron chi connectivity index (χ4n) is 8.95. The molecule has 1 unspecified atom stereocenters. The molecule has 0 heterocycles. The number of esters is 3. The third kappa shape index (κ3) is 54.7. The molecule has 0 radical (unpaired) electrons. The number of hydrogen-bond donors (Lipinski definition) is 0. The number of carbonyl (C=O) groups is 3. The molecule has 6 nitrogen and oxygen atoms in total. The zero-order valence-corrected chi connectivity index (χ0v) is 45.2. The molecule has 0 aromatic carbocycles. The van der Waals surface area contributed by atoms with Crippen molar-refractivity contribution >= 4 is 17.9 Å². The van der Waals surface area contributed by atoms with Gasteiger partial charge in [0.1, 0.15) is 13.2 Å². The minimum atomic E-state index is -0.773. The van der Waals surface area contributed by atoms with Crippen LogP contribution < -0.4 is 0 Å². The maximum atomic E-state index is 12.8. The number of unbranched alkanes of at least 4 members (excludes halogenated alkanes) is 40. The molecule has 0 N–H and O–H groups in total. The van der Waals surface area contributed by atoms with E-state index in [9.17, 15) is 14.4 Å². The Bertz CT molecular complexity index is 1080. The zero-order chi connectivity index (χ0) is 48.6. The van der Waals surface area contributed by atoms with Gasteiger partial charge in [0.15, 0.2) is 6.10 Å². The van der Waals surface area contributed by atoms with Crippen molar-refractivity contribution in [3.8, 4) is 0 Å². The van der Waals surface area contributed by atoms with E-state index in [4.69, 9.17) is 14.2 Å². The van der Waals surface area contributed by atoms with Gasteiger partial charge in [0.25, 0.3) is 0 Å². The summed E-state index contributed by atoms with van der Waals surface area (Å²) in [5.41, 5.74) is 0. The summed E-state index contributed by atoms with van der Waals surface area (Å²) in [6, 6.07) is 0. The maximum absolute atomic E-state index is 12.8. The van der Waals surface area contributed by atoms with Crippen molar-refractivity contribution in [3.05, 3.63) is 24.3 Å². The molecule has 0 aliphatic heterocycles. The van der Waals surface area contributed by atoms with Crippen molar-refractivity contribution in [2.75, 3.05) is 13.2 Å². The highest BCUT2D eigenvalue weighted by Gasteiger charge is 2.19. The van der Waals surface area contributed by atoms with Gasteiger partial charge >= 0.3 is 17.9 Å². The van der Waals surface area contributed by atoms with Crippen molar-refractivity contribution in [2.24, 2.45) is 0 Å². The Morgan fingerprint density at radius 2 is 0.537 bits per heavy atom. The van der Waals surface area contributed by atoms with E-state index in [0.29, 0.717) is 19.3 Å². The van der Waals surface area contributed by atoms with Crippen molar-refractivity contribution in [2.45, 2.75) is 335 Å². The fourth-order valence-corrected chi connectivity index (χ4v) is 8.95. The van der Waals surface area contributed by atoms with Gasteiger partial charge in [0.05, 0.1) is 0 Å². The first-order valence-corrected chi connectivity index (χ1v) is 29.8. The Morgan fingerprint density at radius 3 is 0.851 bits per heavy atom. The molecule has 0 rings (SSSR count). The first-order chi connectivity index (χ1) is 33.0. The summed E-state index contributed by atoms with van der Waals surface area (Å²) in [4.78, 5) is 38.0. The van der Waals surface area contributed by atoms with Gasteiger partial charge in [-0.2, -0.15) is 0 Å². The Balaban J connectivity index is 4.14. The molecular weight excluding hydrogens is 829 g/mol. The molecule has 0 aliphatic carbocycles. The van der Waals surface area contributed by atoms with Crippen LogP contribution in [0.15, 0.2) is 24.3 Å². The lowest BCUT2D eigenvalue weighted by Crippen LogP contribution is -2.30. The molecular formula is C61H114O6. The topological polar surface area (TPSA) is 78.9 Å². The predicted octanol–water partition coefficient (Wildman–Crippen LogP) is 19.9. The standard InChI is InChI=1S/C61H114O6/c1-4-7-10-13-16-19-21-23-25-26-27-28-29-30-31-32-33-34-36-37-39-42-45-48-51-54-60(63)66-57-58(56-65-59(62)53-50-47-44-41-18-15-12-9-6-3)67-61(64)55-52-49-46-43-40-38-35-24-22-20-17-14-11-8-5-2/h17,20,24,35,58H,4-16,18-19,21-23,25-34,36-57H2,1-3H3/b20-17-,35-24-. The second-order valence-electron chi connectivity index (χ2n) is 20.3. The normalized spacial score (nSPS) is 12.1. The van der Waals surface area contributed by atoms with Crippen LogP contribution in [-0.2, 0) is 28.6 Å². The third-order valence-corrected chi connectivity index (χ3v) is 13.5. The summed E-state index contributed by atoms with van der Waals surface area (Å²) in [5.74, 6) is -0.869. The fraction of sp³-hybridized carbons (Fsp3) is 0.885. The molecule has 0 aromatic heterocycles. The van der Waals surface area contributed by atoms with Crippen LogP contribution in [0, 0.1) is 0 Å². The SMILES string of the molecule is CCCCC/C=C\C/C=C\CCCCCCCC(=O)OC(COC(=O)CCCCCCCCCCC)COC(=O)CCCCCCCCCCCCCCCCCCCCCCCCCCC. The lowest BCUT2D eigenvalue weighted by atomic mass is 10.0. The Labute approximate surface area is 417 Å². The maximum Gasteiger partial charge on any atom is 0.306 e. The van der Waals surface area contributed by atoms with Gasteiger partial charge < -0.3 is 14.2 Å². The summed E-state index contributed by atoms with van der Waals surface area (Å²) >= 11 is 0. The molecule has 67 heavy (non-hydrogen) atoms.